The van der Waals surface area contributed by atoms with E-state index in [0.29, 0.717) is 0 Å². The Labute approximate surface area is 240 Å². The Kier molecular flexibility index (Phi) is 4.80. The van der Waals surface area contributed by atoms with Gasteiger partial charge in [0.1, 0.15) is 11.1 Å². The zero-order chi connectivity index (χ0) is 26.9. The molecule has 0 amide bonds. The molecule has 0 aliphatic rings. The van der Waals surface area contributed by atoms with Crippen molar-refractivity contribution in [1.82, 2.24) is 4.57 Å². The van der Waals surface area contributed by atoms with Gasteiger partial charge in [-0.25, -0.2) is 0 Å². The second-order valence-electron chi connectivity index (χ2n) is 10.6. The minimum absolute atomic E-state index is 0.904. The number of aromatic nitrogens is 1. The molecule has 192 valence electrons. The molecule has 0 saturated carbocycles. The summed E-state index contributed by atoms with van der Waals surface area (Å²) in [6, 6.07) is 50.0. The number of para-hydroxylation sites is 2. The summed E-state index contributed by atoms with van der Waals surface area (Å²) in [4.78, 5) is 0. The van der Waals surface area contributed by atoms with Crippen LogP contribution in [0.15, 0.2) is 144 Å². The standard InChI is InChI=1S/C38H23NOS/c1-2-8-28(9-3-1)39-33-12-6-4-11-30(33)38-37(39)31-20-18-27(23-34(31)40-38)25-16-14-24(15-17-25)26-19-21-36-32(22-26)29-10-5-7-13-35(29)41-36/h1-23H. The molecular weight excluding hydrogens is 518 g/mol. The molecule has 3 heteroatoms. The summed E-state index contributed by atoms with van der Waals surface area (Å²) in [6.07, 6.45) is 0. The highest BCUT2D eigenvalue weighted by atomic mass is 32.1. The third-order valence-electron chi connectivity index (χ3n) is 8.22. The Balaban J connectivity index is 1.14. The highest BCUT2D eigenvalue weighted by molar-refractivity contribution is 7.25. The highest BCUT2D eigenvalue weighted by Crippen LogP contribution is 2.40. The van der Waals surface area contributed by atoms with Crippen molar-refractivity contribution < 1.29 is 4.42 Å². The van der Waals surface area contributed by atoms with Crippen molar-refractivity contribution in [2.45, 2.75) is 0 Å². The first-order valence-electron chi connectivity index (χ1n) is 13.9. The smallest absolute Gasteiger partial charge is 0.161 e. The fraction of sp³-hybridized carbons (Fsp3) is 0. The Hall–Kier alpha value is -5.12. The molecular formula is C38H23NOS. The van der Waals surface area contributed by atoms with E-state index in [9.17, 15) is 0 Å². The number of thiophene rings is 1. The maximum atomic E-state index is 6.57. The lowest BCUT2D eigenvalue weighted by Gasteiger charge is -2.08. The van der Waals surface area contributed by atoms with E-state index in [1.54, 1.807) is 0 Å². The van der Waals surface area contributed by atoms with Crippen LogP contribution >= 0.6 is 11.3 Å². The maximum Gasteiger partial charge on any atom is 0.161 e. The summed E-state index contributed by atoms with van der Waals surface area (Å²) >= 11 is 1.86. The van der Waals surface area contributed by atoms with Crippen LogP contribution in [0.2, 0.25) is 0 Å². The second kappa shape index (κ2) is 8.69. The average Bonchev–Trinajstić information content (AvgIpc) is 3.69. The van der Waals surface area contributed by atoms with Crippen molar-refractivity contribution in [3.8, 4) is 27.9 Å². The first-order chi connectivity index (χ1) is 20.3. The molecule has 0 atom stereocenters. The van der Waals surface area contributed by atoms with Gasteiger partial charge in [-0.15, -0.1) is 11.3 Å². The first-order valence-corrected chi connectivity index (χ1v) is 14.7. The van der Waals surface area contributed by atoms with Crippen molar-refractivity contribution in [3.05, 3.63) is 140 Å². The quantitative estimate of drug-likeness (QED) is 0.217. The lowest BCUT2D eigenvalue weighted by molar-refractivity contribution is 0.673. The molecule has 3 aromatic heterocycles. The topological polar surface area (TPSA) is 18.1 Å². The van der Waals surface area contributed by atoms with Crippen molar-refractivity contribution in [3.63, 3.8) is 0 Å². The summed E-state index contributed by atoms with van der Waals surface area (Å²) in [5.41, 5.74) is 10.0. The number of rotatable bonds is 3. The predicted octanol–water partition coefficient (Wildman–Crippen LogP) is 11.2. The number of hydrogen-bond acceptors (Lipinski definition) is 2. The van der Waals surface area contributed by atoms with Gasteiger partial charge in [0.25, 0.3) is 0 Å². The van der Waals surface area contributed by atoms with Crippen LogP contribution in [-0.2, 0) is 0 Å². The second-order valence-corrected chi connectivity index (χ2v) is 11.6. The molecule has 0 spiro atoms. The third kappa shape index (κ3) is 3.43. The average molecular weight is 542 g/mol. The number of nitrogens with zero attached hydrogens (tertiary/aromatic N) is 1. The molecule has 9 aromatic rings. The molecule has 6 aromatic carbocycles. The van der Waals surface area contributed by atoms with Crippen LogP contribution in [0.5, 0.6) is 0 Å². The molecule has 41 heavy (non-hydrogen) atoms. The number of furan rings is 1. The largest absolute Gasteiger partial charge is 0.454 e. The van der Waals surface area contributed by atoms with Gasteiger partial charge in [-0.05, 0) is 76.9 Å². The summed E-state index contributed by atoms with van der Waals surface area (Å²) in [5, 5.41) is 4.91. The molecule has 0 N–H and O–H groups in total. The van der Waals surface area contributed by atoms with E-state index in [1.165, 1.54) is 36.9 Å². The van der Waals surface area contributed by atoms with Gasteiger partial charge in [-0.2, -0.15) is 0 Å². The molecule has 0 radical (unpaired) electrons. The highest BCUT2D eigenvalue weighted by Gasteiger charge is 2.19. The molecule has 0 bridgehead atoms. The van der Waals surface area contributed by atoms with E-state index in [2.05, 4.69) is 144 Å². The van der Waals surface area contributed by atoms with E-state index < -0.39 is 0 Å². The van der Waals surface area contributed by atoms with Crippen LogP contribution in [0.1, 0.15) is 0 Å². The van der Waals surface area contributed by atoms with Crippen molar-refractivity contribution in [2.24, 2.45) is 0 Å². The van der Waals surface area contributed by atoms with Crippen LogP contribution in [-0.4, -0.2) is 4.57 Å². The van der Waals surface area contributed by atoms with E-state index >= 15 is 0 Å². The van der Waals surface area contributed by atoms with Crippen LogP contribution in [0.4, 0.5) is 0 Å². The molecule has 0 saturated heterocycles. The van der Waals surface area contributed by atoms with Gasteiger partial charge >= 0.3 is 0 Å². The summed E-state index contributed by atoms with van der Waals surface area (Å²) in [5.74, 6) is 0. The van der Waals surface area contributed by atoms with Gasteiger partial charge in [-0.3, -0.25) is 0 Å². The minimum Gasteiger partial charge on any atom is -0.454 e. The fourth-order valence-corrected chi connectivity index (χ4v) is 7.34. The van der Waals surface area contributed by atoms with E-state index in [-0.39, 0.29) is 0 Å². The van der Waals surface area contributed by atoms with E-state index in [0.717, 1.165) is 44.2 Å². The summed E-state index contributed by atoms with van der Waals surface area (Å²) < 4.78 is 11.6. The number of benzene rings is 6. The molecule has 0 fully saturated rings. The first kappa shape index (κ1) is 22.7. The Morgan fingerprint density at radius 1 is 0.463 bits per heavy atom. The van der Waals surface area contributed by atoms with E-state index in [1.807, 2.05) is 11.3 Å². The minimum atomic E-state index is 0.904. The molecule has 0 aliphatic heterocycles. The monoisotopic (exact) mass is 541 g/mol. The van der Waals surface area contributed by atoms with E-state index in [4.69, 9.17) is 4.42 Å². The molecule has 0 unspecified atom stereocenters. The molecule has 0 aliphatic carbocycles. The van der Waals surface area contributed by atoms with Crippen LogP contribution < -0.4 is 0 Å². The molecule has 9 rings (SSSR count). The van der Waals surface area contributed by atoms with Crippen molar-refractivity contribution in [2.75, 3.05) is 0 Å². The molecule has 2 nitrogen and oxygen atoms in total. The Bertz CT molecular complexity index is 2410. The van der Waals surface area contributed by atoms with Crippen LogP contribution in [0, 0.1) is 0 Å². The third-order valence-corrected chi connectivity index (χ3v) is 9.37. The molecule has 3 heterocycles. The van der Waals surface area contributed by atoms with Gasteiger partial charge in [0, 0.05) is 36.6 Å². The zero-order valence-corrected chi connectivity index (χ0v) is 22.9. The normalized spacial score (nSPS) is 11.9. The van der Waals surface area contributed by atoms with Crippen LogP contribution in [0.25, 0.3) is 81.1 Å². The van der Waals surface area contributed by atoms with Gasteiger partial charge in [-0.1, -0.05) is 84.9 Å². The van der Waals surface area contributed by atoms with Crippen LogP contribution in [0.3, 0.4) is 0 Å². The zero-order valence-electron chi connectivity index (χ0n) is 22.0. The van der Waals surface area contributed by atoms with Gasteiger partial charge in [0.15, 0.2) is 5.58 Å². The number of fused-ring (bicyclic) bond motifs is 8. The lowest BCUT2D eigenvalue weighted by atomic mass is 9.98. The van der Waals surface area contributed by atoms with Gasteiger partial charge in [0.2, 0.25) is 0 Å². The van der Waals surface area contributed by atoms with Gasteiger partial charge < -0.3 is 8.98 Å². The predicted molar refractivity (Wildman–Crippen MR) is 174 cm³/mol. The lowest BCUT2D eigenvalue weighted by Crippen LogP contribution is -1.92. The van der Waals surface area contributed by atoms with Gasteiger partial charge in [0.05, 0.1) is 5.52 Å². The Morgan fingerprint density at radius 3 is 1.93 bits per heavy atom. The fourth-order valence-electron chi connectivity index (χ4n) is 6.25. The summed E-state index contributed by atoms with van der Waals surface area (Å²) in [7, 11) is 0. The van der Waals surface area contributed by atoms with Crippen molar-refractivity contribution >= 4 is 64.5 Å². The Morgan fingerprint density at radius 2 is 1.10 bits per heavy atom. The summed E-state index contributed by atoms with van der Waals surface area (Å²) in [6.45, 7) is 0. The van der Waals surface area contributed by atoms with Crippen molar-refractivity contribution in [1.29, 1.82) is 0 Å². The SMILES string of the molecule is c1ccc(-n2c3ccccc3c3oc4cc(-c5ccc(-c6ccc7sc8ccccc8c7c6)cc5)ccc4c32)cc1. The maximum absolute atomic E-state index is 6.57. The number of hydrogen-bond donors (Lipinski definition) is 0.